The Bertz CT molecular complexity index is 1310. The number of carbonyl (C=O) groups excluding carboxylic acids is 2. The Balaban J connectivity index is 2.19. The normalized spacial score (nSPS) is 18.2. The molecule has 250 valence electrons. The lowest BCUT2D eigenvalue weighted by Gasteiger charge is -2.44. The summed E-state index contributed by atoms with van der Waals surface area (Å²) in [4.78, 5) is 43.0. The van der Waals surface area contributed by atoms with E-state index in [0.717, 1.165) is 24.2 Å². The second kappa shape index (κ2) is 13.6. The van der Waals surface area contributed by atoms with Gasteiger partial charge in [-0.3, -0.25) is 14.6 Å². The Kier molecular flexibility index (Phi) is 11.1. The lowest BCUT2D eigenvalue weighted by molar-refractivity contribution is -0.150. The van der Waals surface area contributed by atoms with Crippen LogP contribution in [-0.4, -0.2) is 54.3 Å². The SMILES string of the molecule is CC(C)[Si](C#CC(=O)N(c1ccc(N(C(=O)OC(C)(C)C)C2CCC2)c(Cl)c1)C1(C(=O)O)CCC(F)(F)CC1)(C(C)C)C(C)C. The standard InChI is InChI=1S/C34H49ClF2N2O5Si/c1-22(2)45(23(3)4,24(5)6)20-15-29(40)39(33(30(41)42)16-18-34(36,37)19-17-33)26-13-14-28(27(35)21-26)38(25-11-10-12-25)31(43)44-32(7,8)9/h13-14,21-25H,10-12,16-19H2,1-9H3,(H,41,42). The van der Waals surface area contributed by atoms with Crippen LogP contribution in [0, 0.1) is 11.5 Å². The van der Waals surface area contributed by atoms with Crippen LogP contribution in [-0.2, 0) is 14.3 Å². The molecule has 2 saturated carbocycles. The summed E-state index contributed by atoms with van der Waals surface area (Å²) in [5, 5.41) is 10.7. The Morgan fingerprint density at radius 3 is 1.93 bits per heavy atom. The number of hydrogen-bond acceptors (Lipinski definition) is 4. The first kappa shape index (κ1) is 36.8. The van der Waals surface area contributed by atoms with Crippen LogP contribution in [0.15, 0.2) is 18.2 Å². The number of benzene rings is 1. The molecule has 45 heavy (non-hydrogen) atoms. The summed E-state index contributed by atoms with van der Waals surface area (Å²) in [7, 11) is -2.40. The van der Waals surface area contributed by atoms with Crippen molar-refractivity contribution in [2.24, 2.45) is 0 Å². The first-order valence-corrected chi connectivity index (χ1v) is 18.6. The van der Waals surface area contributed by atoms with Gasteiger partial charge in [0.05, 0.1) is 10.7 Å². The fourth-order valence-electron chi connectivity index (χ4n) is 7.00. The molecule has 0 aliphatic heterocycles. The van der Waals surface area contributed by atoms with Gasteiger partial charge in [-0.2, -0.15) is 0 Å². The predicted octanol–water partition coefficient (Wildman–Crippen LogP) is 9.22. The molecule has 2 fully saturated rings. The van der Waals surface area contributed by atoms with E-state index in [0.29, 0.717) is 5.69 Å². The van der Waals surface area contributed by atoms with E-state index in [9.17, 15) is 28.3 Å². The molecule has 2 aliphatic carbocycles. The van der Waals surface area contributed by atoms with Crippen molar-refractivity contribution >= 4 is 49.0 Å². The average molecular weight is 667 g/mol. The topological polar surface area (TPSA) is 87.2 Å². The lowest BCUT2D eigenvalue weighted by Crippen LogP contribution is -2.60. The molecule has 0 radical (unpaired) electrons. The van der Waals surface area contributed by atoms with Crippen LogP contribution in [0.1, 0.15) is 107 Å². The second-order valence-electron chi connectivity index (χ2n) is 14.6. The third kappa shape index (κ3) is 7.68. The summed E-state index contributed by atoms with van der Waals surface area (Å²) in [5.74, 6) is -2.36. The van der Waals surface area contributed by atoms with Gasteiger partial charge in [0.15, 0.2) is 0 Å². The number of carboxylic acids is 1. The zero-order valence-corrected chi connectivity index (χ0v) is 29.9. The molecule has 1 aromatic rings. The van der Waals surface area contributed by atoms with Crippen molar-refractivity contribution in [1.82, 2.24) is 0 Å². The highest BCUT2D eigenvalue weighted by molar-refractivity contribution is 6.90. The number of ether oxygens (including phenoxy) is 1. The molecule has 3 rings (SSSR count). The van der Waals surface area contributed by atoms with Crippen molar-refractivity contribution in [3.05, 3.63) is 23.2 Å². The number of amides is 2. The number of nitrogens with zero attached hydrogens (tertiary/aromatic N) is 2. The van der Waals surface area contributed by atoms with Gasteiger partial charge in [-0.1, -0.05) is 53.1 Å². The van der Waals surface area contributed by atoms with Crippen LogP contribution in [0.3, 0.4) is 0 Å². The van der Waals surface area contributed by atoms with Crippen molar-refractivity contribution in [2.45, 2.75) is 147 Å². The molecular formula is C34H49ClF2N2O5Si. The van der Waals surface area contributed by atoms with Crippen LogP contribution >= 0.6 is 11.6 Å². The van der Waals surface area contributed by atoms with E-state index in [1.54, 1.807) is 26.8 Å². The third-order valence-electron chi connectivity index (χ3n) is 9.57. The van der Waals surface area contributed by atoms with Crippen molar-refractivity contribution < 1.29 is 33.0 Å². The number of carbonyl (C=O) groups is 3. The summed E-state index contributed by atoms with van der Waals surface area (Å²) in [6, 6.07) is 4.39. The number of anilines is 2. The number of hydrogen-bond donors (Lipinski definition) is 1. The summed E-state index contributed by atoms with van der Waals surface area (Å²) in [5.41, 5.74) is 1.80. The minimum absolute atomic E-state index is 0.105. The van der Waals surface area contributed by atoms with Gasteiger partial charge in [0.25, 0.3) is 0 Å². The van der Waals surface area contributed by atoms with Crippen molar-refractivity contribution in [1.29, 1.82) is 0 Å². The Morgan fingerprint density at radius 2 is 1.53 bits per heavy atom. The summed E-state index contributed by atoms with van der Waals surface area (Å²) in [6.45, 7) is 17.9. The van der Waals surface area contributed by atoms with E-state index in [1.165, 1.54) is 17.0 Å². The Hall–Kier alpha value is -2.64. The van der Waals surface area contributed by atoms with E-state index in [1.807, 2.05) is 0 Å². The van der Waals surface area contributed by atoms with Crippen LogP contribution in [0.4, 0.5) is 25.0 Å². The van der Waals surface area contributed by atoms with Gasteiger partial charge in [0.2, 0.25) is 5.92 Å². The van der Waals surface area contributed by atoms with Crippen LogP contribution in [0.2, 0.25) is 21.6 Å². The minimum Gasteiger partial charge on any atom is -0.479 e. The highest BCUT2D eigenvalue weighted by Gasteiger charge is 2.54. The molecule has 1 aromatic carbocycles. The van der Waals surface area contributed by atoms with Gasteiger partial charge in [-0.05, 0) is 93.6 Å². The Morgan fingerprint density at radius 1 is 1.00 bits per heavy atom. The quantitative estimate of drug-likeness (QED) is 0.221. The zero-order chi connectivity index (χ0) is 34.1. The van der Waals surface area contributed by atoms with Crippen molar-refractivity contribution in [3.63, 3.8) is 0 Å². The fourth-order valence-corrected chi connectivity index (χ4v) is 12.5. The van der Waals surface area contributed by atoms with E-state index in [-0.39, 0.29) is 33.4 Å². The van der Waals surface area contributed by atoms with E-state index < -0.39 is 68.8 Å². The van der Waals surface area contributed by atoms with Gasteiger partial charge < -0.3 is 9.84 Å². The molecule has 0 atom stereocenters. The molecule has 0 unspecified atom stereocenters. The van der Waals surface area contributed by atoms with Gasteiger partial charge in [-0.15, -0.1) is 5.54 Å². The number of carboxylic acid groups (broad SMARTS) is 1. The molecule has 0 aromatic heterocycles. The highest BCUT2D eigenvalue weighted by Crippen LogP contribution is 2.46. The number of aliphatic carboxylic acids is 1. The van der Waals surface area contributed by atoms with Crippen LogP contribution in [0.5, 0.6) is 0 Å². The monoisotopic (exact) mass is 666 g/mol. The van der Waals surface area contributed by atoms with Gasteiger partial charge >= 0.3 is 18.0 Å². The molecule has 2 amide bonds. The smallest absolute Gasteiger partial charge is 0.415 e. The number of rotatable bonds is 8. The van der Waals surface area contributed by atoms with Crippen molar-refractivity contribution in [2.75, 3.05) is 9.80 Å². The molecule has 0 heterocycles. The predicted molar refractivity (Wildman–Crippen MR) is 178 cm³/mol. The molecule has 7 nitrogen and oxygen atoms in total. The summed E-state index contributed by atoms with van der Waals surface area (Å²) < 4.78 is 34.4. The minimum atomic E-state index is -3.04. The second-order valence-corrected chi connectivity index (χ2v) is 20.5. The number of halogens is 3. The van der Waals surface area contributed by atoms with Gasteiger partial charge in [-0.25, -0.2) is 18.4 Å². The van der Waals surface area contributed by atoms with E-state index in [2.05, 4.69) is 53.0 Å². The molecular weight excluding hydrogens is 618 g/mol. The molecule has 0 bridgehead atoms. The molecule has 0 spiro atoms. The van der Waals surface area contributed by atoms with Crippen LogP contribution in [0.25, 0.3) is 0 Å². The van der Waals surface area contributed by atoms with E-state index in [4.69, 9.17) is 16.3 Å². The van der Waals surface area contributed by atoms with Gasteiger partial charge in [0.1, 0.15) is 19.2 Å². The van der Waals surface area contributed by atoms with Crippen molar-refractivity contribution in [3.8, 4) is 11.5 Å². The maximum atomic E-state index is 14.4. The largest absolute Gasteiger partial charge is 0.479 e. The Labute approximate surface area is 273 Å². The lowest BCUT2D eigenvalue weighted by atomic mass is 9.78. The average Bonchev–Trinajstić information content (AvgIpc) is 2.86. The zero-order valence-electron chi connectivity index (χ0n) is 28.1. The fraction of sp³-hybridized carbons (Fsp3) is 0.676. The molecule has 11 heteroatoms. The first-order chi connectivity index (χ1) is 20.7. The summed E-state index contributed by atoms with van der Waals surface area (Å²) in [6.07, 6.45) is -0.347. The third-order valence-corrected chi connectivity index (χ3v) is 16.2. The maximum absolute atomic E-state index is 14.4. The summed E-state index contributed by atoms with van der Waals surface area (Å²) >= 11 is 6.81. The first-order valence-electron chi connectivity index (χ1n) is 16.0. The molecule has 2 aliphatic rings. The molecule has 1 N–H and O–H groups in total. The maximum Gasteiger partial charge on any atom is 0.415 e. The number of alkyl halides is 2. The van der Waals surface area contributed by atoms with Gasteiger partial charge in [0, 0.05) is 24.6 Å². The highest BCUT2D eigenvalue weighted by atomic mass is 35.5. The molecule has 0 saturated heterocycles. The van der Waals surface area contributed by atoms with Crippen LogP contribution < -0.4 is 9.80 Å². The van der Waals surface area contributed by atoms with E-state index >= 15 is 0 Å².